The molecule has 1 spiro atoms. The highest BCUT2D eigenvalue weighted by atomic mass is 16.5. The van der Waals surface area contributed by atoms with Crippen molar-refractivity contribution in [3.8, 4) is 0 Å². The van der Waals surface area contributed by atoms with Gasteiger partial charge in [-0.1, -0.05) is 19.3 Å². The third-order valence-corrected chi connectivity index (χ3v) is 5.35. The van der Waals surface area contributed by atoms with Gasteiger partial charge < -0.3 is 10.1 Å². The van der Waals surface area contributed by atoms with Crippen LogP contribution in [0.2, 0.25) is 0 Å². The summed E-state index contributed by atoms with van der Waals surface area (Å²) in [5, 5.41) is 8.03. The van der Waals surface area contributed by atoms with Gasteiger partial charge in [0.05, 0.1) is 12.6 Å². The van der Waals surface area contributed by atoms with E-state index in [0.717, 1.165) is 19.6 Å². The van der Waals surface area contributed by atoms with Crippen molar-refractivity contribution < 1.29 is 4.74 Å². The molecule has 3 atom stereocenters. The summed E-state index contributed by atoms with van der Waals surface area (Å²) in [6.45, 7) is 6.08. The zero-order chi connectivity index (χ0) is 14.7. The Morgan fingerprint density at radius 1 is 1.38 bits per heavy atom. The van der Waals surface area contributed by atoms with Crippen LogP contribution in [-0.2, 0) is 11.3 Å². The Kier molecular flexibility index (Phi) is 4.60. The number of hydrogen-bond acceptors (Lipinski definition) is 4. The van der Waals surface area contributed by atoms with Crippen molar-refractivity contribution in [2.24, 2.45) is 5.41 Å². The first kappa shape index (κ1) is 15.0. The maximum absolute atomic E-state index is 6.02. The fraction of sp³-hybridized carbons (Fsp3) is 0.875. The van der Waals surface area contributed by atoms with E-state index in [2.05, 4.69) is 29.2 Å². The fourth-order valence-corrected chi connectivity index (χ4v) is 4.30. The summed E-state index contributed by atoms with van der Waals surface area (Å²) >= 11 is 0. The molecule has 1 aromatic heterocycles. The summed E-state index contributed by atoms with van der Waals surface area (Å²) < 4.78 is 7.93. The maximum Gasteiger partial charge on any atom is 0.137 e. The summed E-state index contributed by atoms with van der Waals surface area (Å²) in [5.74, 6) is 0. The van der Waals surface area contributed by atoms with Gasteiger partial charge >= 0.3 is 0 Å². The summed E-state index contributed by atoms with van der Waals surface area (Å²) in [4.78, 5) is 4.01. The van der Waals surface area contributed by atoms with E-state index in [1.165, 1.54) is 32.1 Å². The van der Waals surface area contributed by atoms with E-state index < -0.39 is 0 Å². The molecule has 0 aliphatic heterocycles. The van der Waals surface area contributed by atoms with Crippen LogP contribution >= 0.6 is 0 Å². The molecule has 0 saturated heterocycles. The molecule has 5 nitrogen and oxygen atoms in total. The second-order valence-electron chi connectivity index (χ2n) is 6.71. The number of rotatable bonds is 6. The molecule has 5 heteroatoms. The van der Waals surface area contributed by atoms with Crippen LogP contribution in [0.4, 0.5) is 0 Å². The first-order valence-corrected chi connectivity index (χ1v) is 8.44. The molecule has 2 fully saturated rings. The molecule has 3 rings (SSSR count). The Labute approximate surface area is 127 Å². The van der Waals surface area contributed by atoms with Gasteiger partial charge in [0.1, 0.15) is 12.7 Å². The summed E-state index contributed by atoms with van der Waals surface area (Å²) in [5.41, 5.74) is 0.394. The molecule has 2 aliphatic rings. The van der Waals surface area contributed by atoms with Crippen molar-refractivity contribution >= 4 is 0 Å². The number of nitrogens with zero attached hydrogens (tertiary/aromatic N) is 3. The molecular weight excluding hydrogens is 264 g/mol. The van der Waals surface area contributed by atoms with E-state index in [1.54, 1.807) is 12.7 Å². The molecule has 2 saturated carbocycles. The average molecular weight is 292 g/mol. The molecule has 1 N–H and O–H groups in total. The third kappa shape index (κ3) is 2.99. The van der Waals surface area contributed by atoms with E-state index in [4.69, 9.17) is 4.74 Å². The fourth-order valence-electron chi connectivity index (χ4n) is 4.30. The second-order valence-corrected chi connectivity index (χ2v) is 6.71. The van der Waals surface area contributed by atoms with E-state index in [-0.39, 0.29) is 0 Å². The van der Waals surface area contributed by atoms with Crippen LogP contribution in [0.15, 0.2) is 12.7 Å². The topological polar surface area (TPSA) is 52.0 Å². The van der Waals surface area contributed by atoms with Crippen LogP contribution in [-0.4, -0.2) is 39.6 Å². The summed E-state index contributed by atoms with van der Waals surface area (Å²) in [7, 11) is 0. The monoisotopic (exact) mass is 292 g/mol. The van der Waals surface area contributed by atoms with Crippen LogP contribution < -0.4 is 5.32 Å². The second kappa shape index (κ2) is 6.44. The minimum atomic E-state index is 0.394. The third-order valence-electron chi connectivity index (χ3n) is 5.35. The van der Waals surface area contributed by atoms with Crippen LogP contribution in [0.1, 0.15) is 52.4 Å². The predicted octanol–water partition coefficient (Wildman–Crippen LogP) is 2.38. The Bertz CT molecular complexity index is 427. The lowest BCUT2D eigenvalue weighted by atomic mass is 9.55. The minimum Gasteiger partial charge on any atom is -0.378 e. The first-order chi connectivity index (χ1) is 10.2. The number of hydrogen-bond donors (Lipinski definition) is 1. The molecule has 0 aromatic carbocycles. The highest BCUT2D eigenvalue weighted by molar-refractivity contribution is 5.09. The molecule has 1 aromatic rings. The molecule has 0 bridgehead atoms. The van der Waals surface area contributed by atoms with E-state index in [9.17, 15) is 0 Å². The molecule has 2 aliphatic carbocycles. The average Bonchev–Trinajstić information content (AvgIpc) is 3.00. The van der Waals surface area contributed by atoms with Gasteiger partial charge in [-0.3, -0.25) is 4.68 Å². The Hall–Kier alpha value is -0.940. The highest BCUT2D eigenvalue weighted by Gasteiger charge is 2.55. The minimum absolute atomic E-state index is 0.394. The normalized spacial score (nSPS) is 29.2. The van der Waals surface area contributed by atoms with Crippen molar-refractivity contribution in [2.45, 2.75) is 77.1 Å². The lowest BCUT2D eigenvalue weighted by Crippen LogP contribution is -2.66. The van der Waals surface area contributed by atoms with Crippen molar-refractivity contribution in [1.82, 2.24) is 20.1 Å². The molecule has 21 heavy (non-hydrogen) atoms. The largest absolute Gasteiger partial charge is 0.378 e. The standard InChI is InChI=1S/C16H28N4O/c1-3-21-15-9-14(16(15)7-5-4-6-8-16)19-13(2)10-20-12-17-11-18-20/h11-15,19H,3-10H2,1-2H3. The molecule has 0 radical (unpaired) electrons. The van der Waals surface area contributed by atoms with Gasteiger partial charge in [0.25, 0.3) is 0 Å². The van der Waals surface area contributed by atoms with E-state index >= 15 is 0 Å². The van der Waals surface area contributed by atoms with Crippen molar-refractivity contribution in [3.05, 3.63) is 12.7 Å². The van der Waals surface area contributed by atoms with Crippen LogP contribution in [0, 0.1) is 5.41 Å². The first-order valence-electron chi connectivity index (χ1n) is 8.44. The van der Waals surface area contributed by atoms with Gasteiger partial charge in [-0.15, -0.1) is 0 Å². The van der Waals surface area contributed by atoms with Gasteiger partial charge in [-0.25, -0.2) is 4.98 Å². The van der Waals surface area contributed by atoms with Crippen molar-refractivity contribution in [1.29, 1.82) is 0 Å². The lowest BCUT2D eigenvalue weighted by molar-refractivity contribution is -0.152. The Morgan fingerprint density at radius 3 is 2.86 bits per heavy atom. The molecule has 118 valence electrons. The smallest absolute Gasteiger partial charge is 0.137 e. The maximum atomic E-state index is 6.02. The van der Waals surface area contributed by atoms with Crippen molar-refractivity contribution in [3.63, 3.8) is 0 Å². The van der Waals surface area contributed by atoms with E-state index in [1.807, 2.05) is 4.68 Å². The van der Waals surface area contributed by atoms with Gasteiger partial charge in [0.15, 0.2) is 0 Å². The number of nitrogens with one attached hydrogen (secondary N) is 1. The lowest BCUT2D eigenvalue weighted by Gasteiger charge is -2.58. The molecule has 0 amide bonds. The molecule has 1 heterocycles. The highest BCUT2D eigenvalue weighted by Crippen LogP contribution is 2.53. The van der Waals surface area contributed by atoms with Crippen LogP contribution in [0.5, 0.6) is 0 Å². The molecular formula is C16H28N4O. The van der Waals surface area contributed by atoms with E-state index in [0.29, 0.717) is 23.6 Å². The quantitative estimate of drug-likeness (QED) is 0.874. The zero-order valence-corrected chi connectivity index (χ0v) is 13.3. The van der Waals surface area contributed by atoms with Crippen LogP contribution in [0.25, 0.3) is 0 Å². The van der Waals surface area contributed by atoms with Crippen molar-refractivity contribution in [2.75, 3.05) is 6.61 Å². The molecule has 3 unspecified atom stereocenters. The Morgan fingerprint density at radius 2 is 2.19 bits per heavy atom. The number of ether oxygens (including phenoxy) is 1. The van der Waals surface area contributed by atoms with Gasteiger partial charge in [0, 0.05) is 24.1 Å². The SMILES string of the molecule is CCOC1CC(NC(C)Cn2cncn2)C12CCCCC2. The zero-order valence-electron chi connectivity index (χ0n) is 13.3. The van der Waals surface area contributed by atoms with Gasteiger partial charge in [-0.2, -0.15) is 5.10 Å². The predicted molar refractivity (Wildman–Crippen MR) is 82.0 cm³/mol. The summed E-state index contributed by atoms with van der Waals surface area (Å²) in [6, 6.07) is 1.02. The van der Waals surface area contributed by atoms with Crippen LogP contribution in [0.3, 0.4) is 0 Å². The Balaban J connectivity index is 1.59. The van der Waals surface area contributed by atoms with Gasteiger partial charge in [-0.05, 0) is 33.1 Å². The number of aromatic nitrogens is 3. The van der Waals surface area contributed by atoms with Gasteiger partial charge in [0.2, 0.25) is 0 Å². The summed E-state index contributed by atoms with van der Waals surface area (Å²) in [6.07, 6.45) is 11.8.